The van der Waals surface area contributed by atoms with Crippen LogP contribution in [0, 0.1) is 0 Å². The summed E-state index contributed by atoms with van der Waals surface area (Å²) in [4.78, 5) is 31.3. The van der Waals surface area contributed by atoms with Gasteiger partial charge < -0.3 is 10.2 Å². The number of sulfonamides is 1. The number of rotatable bonds is 6. The van der Waals surface area contributed by atoms with E-state index in [2.05, 4.69) is 10.3 Å². The van der Waals surface area contributed by atoms with Crippen LogP contribution in [0.4, 0.5) is 0 Å². The normalized spacial score (nSPS) is 16.2. The Kier molecular flexibility index (Phi) is 6.60. The van der Waals surface area contributed by atoms with Crippen molar-refractivity contribution in [3.8, 4) is 0 Å². The zero-order chi connectivity index (χ0) is 20.9. The quantitative estimate of drug-likeness (QED) is 0.740. The van der Waals surface area contributed by atoms with Crippen LogP contribution in [0.25, 0.3) is 0 Å². The number of carbonyl (C=O) groups excluding carboxylic acids is 2. The largest absolute Gasteiger partial charge is 0.340 e. The molecule has 9 heteroatoms. The van der Waals surface area contributed by atoms with Gasteiger partial charge in [0.15, 0.2) is 0 Å². The maximum Gasteiger partial charge on any atom is 0.253 e. The summed E-state index contributed by atoms with van der Waals surface area (Å²) >= 11 is 0. The summed E-state index contributed by atoms with van der Waals surface area (Å²) in [6.45, 7) is 1.08. The van der Waals surface area contributed by atoms with Gasteiger partial charge in [-0.15, -0.1) is 0 Å². The van der Waals surface area contributed by atoms with Crippen LogP contribution in [0.2, 0.25) is 0 Å². The van der Waals surface area contributed by atoms with Crippen LogP contribution in [0.3, 0.4) is 0 Å². The molecule has 1 aromatic carbocycles. The maximum absolute atomic E-state index is 13.2. The van der Waals surface area contributed by atoms with Crippen LogP contribution in [0.15, 0.2) is 54.9 Å². The Hall–Kier alpha value is -2.78. The second-order valence-corrected chi connectivity index (χ2v) is 8.93. The number of amides is 2. The number of nitrogens with one attached hydrogen (secondary N) is 1. The molecule has 1 aliphatic heterocycles. The standard InChI is InChI=1S/C20H24N4O4S/c1-29(27,28)24-12-10-23(11-13-24)20(26)18(14-16-6-3-2-4-7-16)22-19(25)17-8-5-9-21-15-17/h2-9,15,18H,10-14H2,1H3,(H,22,25). The average molecular weight is 417 g/mol. The van der Waals surface area contributed by atoms with Crippen molar-refractivity contribution in [2.45, 2.75) is 12.5 Å². The molecule has 1 saturated heterocycles. The van der Waals surface area contributed by atoms with Gasteiger partial charge in [-0.3, -0.25) is 14.6 Å². The van der Waals surface area contributed by atoms with Crippen molar-refractivity contribution in [1.29, 1.82) is 0 Å². The number of carbonyl (C=O) groups is 2. The van der Waals surface area contributed by atoms with Gasteiger partial charge >= 0.3 is 0 Å². The first-order chi connectivity index (χ1) is 13.8. The number of nitrogens with zero attached hydrogens (tertiary/aromatic N) is 3. The van der Waals surface area contributed by atoms with E-state index in [1.54, 1.807) is 23.2 Å². The number of hydrogen-bond donors (Lipinski definition) is 1. The molecular weight excluding hydrogens is 392 g/mol. The van der Waals surface area contributed by atoms with E-state index >= 15 is 0 Å². The Morgan fingerprint density at radius 1 is 1.07 bits per heavy atom. The molecule has 0 spiro atoms. The Labute approximate surface area is 170 Å². The van der Waals surface area contributed by atoms with Crippen molar-refractivity contribution in [2.24, 2.45) is 0 Å². The fourth-order valence-electron chi connectivity index (χ4n) is 3.25. The molecule has 0 aliphatic carbocycles. The van der Waals surface area contributed by atoms with Crippen LogP contribution < -0.4 is 5.32 Å². The zero-order valence-electron chi connectivity index (χ0n) is 16.2. The van der Waals surface area contributed by atoms with Crippen LogP contribution in [-0.4, -0.2) is 72.9 Å². The molecule has 3 rings (SSSR count). The number of benzene rings is 1. The average Bonchev–Trinajstić information content (AvgIpc) is 2.73. The number of aromatic nitrogens is 1. The SMILES string of the molecule is CS(=O)(=O)N1CCN(C(=O)C(Cc2ccccc2)NC(=O)c2cccnc2)CC1. The highest BCUT2D eigenvalue weighted by Crippen LogP contribution is 2.11. The monoisotopic (exact) mass is 416 g/mol. The minimum atomic E-state index is -3.28. The summed E-state index contributed by atoms with van der Waals surface area (Å²) in [5, 5.41) is 2.82. The Morgan fingerprint density at radius 3 is 2.34 bits per heavy atom. The smallest absolute Gasteiger partial charge is 0.253 e. The molecule has 1 N–H and O–H groups in total. The summed E-state index contributed by atoms with van der Waals surface area (Å²) in [6, 6.07) is 12.0. The van der Waals surface area contributed by atoms with Crippen molar-refractivity contribution < 1.29 is 18.0 Å². The Balaban J connectivity index is 1.74. The van der Waals surface area contributed by atoms with Gasteiger partial charge in [-0.2, -0.15) is 4.31 Å². The lowest BCUT2D eigenvalue weighted by atomic mass is 10.0. The van der Waals surface area contributed by atoms with Gasteiger partial charge in [-0.25, -0.2) is 8.42 Å². The number of pyridine rings is 1. The number of hydrogen-bond acceptors (Lipinski definition) is 5. The second kappa shape index (κ2) is 9.15. The van der Waals surface area contributed by atoms with Gasteiger partial charge in [0.1, 0.15) is 6.04 Å². The third-order valence-electron chi connectivity index (χ3n) is 4.83. The third-order valence-corrected chi connectivity index (χ3v) is 6.13. The van der Waals surface area contributed by atoms with E-state index in [4.69, 9.17) is 0 Å². The molecule has 0 bridgehead atoms. The third kappa shape index (κ3) is 5.61. The first-order valence-corrected chi connectivity index (χ1v) is 11.2. The topological polar surface area (TPSA) is 99.7 Å². The molecule has 1 atom stereocenters. The van der Waals surface area contributed by atoms with Crippen LogP contribution in [-0.2, 0) is 21.2 Å². The minimum Gasteiger partial charge on any atom is -0.340 e. The van der Waals surface area contributed by atoms with Gasteiger partial charge in [0.05, 0.1) is 11.8 Å². The van der Waals surface area contributed by atoms with Crippen molar-refractivity contribution in [2.75, 3.05) is 32.4 Å². The highest BCUT2D eigenvalue weighted by Gasteiger charge is 2.31. The molecule has 1 aliphatic rings. The molecule has 1 aromatic heterocycles. The van der Waals surface area contributed by atoms with E-state index in [0.717, 1.165) is 11.8 Å². The second-order valence-electron chi connectivity index (χ2n) is 6.94. The summed E-state index contributed by atoms with van der Waals surface area (Å²) < 4.78 is 24.8. The Bertz CT molecular complexity index is 943. The van der Waals surface area contributed by atoms with E-state index in [-0.39, 0.29) is 24.9 Å². The fraction of sp³-hybridized carbons (Fsp3) is 0.350. The molecule has 0 radical (unpaired) electrons. The van der Waals surface area contributed by atoms with Crippen LogP contribution in [0.5, 0.6) is 0 Å². The van der Waals surface area contributed by atoms with Gasteiger partial charge in [0.25, 0.3) is 5.91 Å². The lowest BCUT2D eigenvalue weighted by Crippen LogP contribution is -2.56. The van der Waals surface area contributed by atoms with Crippen molar-refractivity contribution >= 4 is 21.8 Å². The summed E-state index contributed by atoms with van der Waals surface area (Å²) in [7, 11) is -3.28. The van der Waals surface area contributed by atoms with Crippen molar-refractivity contribution in [3.63, 3.8) is 0 Å². The van der Waals surface area contributed by atoms with Crippen molar-refractivity contribution in [1.82, 2.24) is 19.5 Å². The maximum atomic E-state index is 13.2. The highest BCUT2D eigenvalue weighted by atomic mass is 32.2. The lowest BCUT2D eigenvalue weighted by Gasteiger charge is -2.35. The summed E-state index contributed by atoms with van der Waals surface area (Å²) in [5.41, 5.74) is 1.30. The molecule has 2 aromatic rings. The summed E-state index contributed by atoms with van der Waals surface area (Å²) in [6.07, 6.45) is 4.53. The molecule has 154 valence electrons. The highest BCUT2D eigenvalue weighted by molar-refractivity contribution is 7.88. The van der Waals surface area contributed by atoms with E-state index in [9.17, 15) is 18.0 Å². The van der Waals surface area contributed by atoms with E-state index in [1.807, 2.05) is 30.3 Å². The molecule has 1 fully saturated rings. The molecule has 2 amide bonds. The van der Waals surface area contributed by atoms with E-state index in [0.29, 0.717) is 25.1 Å². The predicted molar refractivity (Wildman–Crippen MR) is 109 cm³/mol. The molecule has 1 unspecified atom stereocenters. The van der Waals surface area contributed by atoms with Gasteiger partial charge in [-0.1, -0.05) is 30.3 Å². The molecule has 0 saturated carbocycles. The molecule has 8 nitrogen and oxygen atoms in total. The summed E-state index contributed by atoms with van der Waals surface area (Å²) in [5.74, 6) is -0.596. The van der Waals surface area contributed by atoms with Gasteiger partial charge in [-0.05, 0) is 17.7 Å². The fourth-order valence-corrected chi connectivity index (χ4v) is 4.08. The van der Waals surface area contributed by atoms with Crippen LogP contribution >= 0.6 is 0 Å². The van der Waals surface area contributed by atoms with Gasteiger partial charge in [0.2, 0.25) is 15.9 Å². The van der Waals surface area contributed by atoms with Crippen LogP contribution in [0.1, 0.15) is 15.9 Å². The molecule has 2 heterocycles. The lowest BCUT2D eigenvalue weighted by molar-refractivity contribution is -0.134. The minimum absolute atomic E-state index is 0.223. The zero-order valence-corrected chi connectivity index (χ0v) is 17.0. The van der Waals surface area contributed by atoms with E-state index < -0.39 is 16.1 Å². The van der Waals surface area contributed by atoms with Crippen molar-refractivity contribution in [3.05, 3.63) is 66.0 Å². The predicted octanol–water partition coefficient (Wildman–Crippen LogP) is 0.527. The molecular formula is C20H24N4O4S. The number of piperazine rings is 1. The molecule has 29 heavy (non-hydrogen) atoms. The van der Waals surface area contributed by atoms with E-state index in [1.165, 1.54) is 10.5 Å². The van der Waals surface area contributed by atoms with Gasteiger partial charge in [0, 0.05) is 45.0 Å². The first kappa shape index (κ1) is 20.9. The Morgan fingerprint density at radius 2 is 1.76 bits per heavy atom. The first-order valence-electron chi connectivity index (χ1n) is 9.33.